The van der Waals surface area contributed by atoms with Crippen LogP contribution in [0, 0.1) is 5.41 Å². The summed E-state index contributed by atoms with van der Waals surface area (Å²) in [7, 11) is 0. The fourth-order valence-corrected chi connectivity index (χ4v) is 4.43. The molecule has 134 valence electrons. The van der Waals surface area contributed by atoms with Gasteiger partial charge in [-0.05, 0) is 55.3 Å². The molecule has 1 spiro atoms. The summed E-state index contributed by atoms with van der Waals surface area (Å²) in [5, 5.41) is 3.47. The molecule has 1 N–H and O–H groups in total. The second-order valence-corrected chi connectivity index (χ2v) is 7.83. The number of carbonyl (C=O) groups excluding carboxylic acids is 2. The lowest BCUT2D eigenvalue weighted by Crippen LogP contribution is -2.44. The predicted octanol–water partition coefficient (Wildman–Crippen LogP) is 2.02. The number of nitrogens with one attached hydrogen (secondary N) is 1. The zero-order valence-electron chi connectivity index (χ0n) is 14.8. The molecule has 3 fully saturated rings. The van der Waals surface area contributed by atoms with Crippen molar-refractivity contribution in [2.45, 2.75) is 38.6 Å². The predicted molar refractivity (Wildman–Crippen MR) is 96.2 cm³/mol. The summed E-state index contributed by atoms with van der Waals surface area (Å²) in [4.78, 5) is 28.4. The number of rotatable bonds is 3. The molecule has 3 aliphatic rings. The summed E-state index contributed by atoms with van der Waals surface area (Å²) in [6, 6.07) is 7.82. The van der Waals surface area contributed by atoms with Crippen molar-refractivity contribution >= 4 is 11.8 Å². The van der Waals surface area contributed by atoms with Gasteiger partial charge in [0.05, 0.1) is 0 Å². The third-order valence-corrected chi connectivity index (χ3v) is 6.19. The molecule has 0 saturated carbocycles. The molecule has 5 heteroatoms. The average Bonchev–Trinajstić information content (AvgIpc) is 3.26. The van der Waals surface area contributed by atoms with E-state index in [1.165, 1.54) is 6.42 Å². The fraction of sp³-hybridized carbons (Fsp3) is 0.600. The van der Waals surface area contributed by atoms with Crippen LogP contribution in [0.5, 0.6) is 0 Å². The number of hydrogen-bond acceptors (Lipinski definition) is 3. The van der Waals surface area contributed by atoms with Gasteiger partial charge in [-0.2, -0.15) is 0 Å². The Balaban J connectivity index is 1.35. The summed E-state index contributed by atoms with van der Waals surface area (Å²) in [5.74, 6) is 0.383. The molecule has 25 heavy (non-hydrogen) atoms. The first kappa shape index (κ1) is 16.6. The van der Waals surface area contributed by atoms with Crippen LogP contribution in [0.3, 0.4) is 0 Å². The fourth-order valence-electron chi connectivity index (χ4n) is 4.43. The van der Waals surface area contributed by atoms with Crippen LogP contribution >= 0.6 is 0 Å². The van der Waals surface area contributed by atoms with Crippen LogP contribution in [0.25, 0.3) is 0 Å². The van der Waals surface area contributed by atoms with Crippen molar-refractivity contribution in [1.82, 2.24) is 15.1 Å². The Morgan fingerprint density at radius 1 is 1.08 bits per heavy atom. The maximum Gasteiger partial charge on any atom is 0.253 e. The quantitative estimate of drug-likeness (QED) is 0.915. The van der Waals surface area contributed by atoms with E-state index in [0.717, 1.165) is 63.1 Å². The molecular formula is C20H27N3O2. The normalized spacial score (nSPS) is 22.8. The van der Waals surface area contributed by atoms with Crippen LogP contribution < -0.4 is 5.32 Å². The lowest BCUT2D eigenvalue weighted by molar-refractivity contribution is -0.128. The van der Waals surface area contributed by atoms with Crippen molar-refractivity contribution < 1.29 is 9.59 Å². The van der Waals surface area contributed by atoms with E-state index < -0.39 is 0 Å². The molecule has 5 nitrogen and oxygen atoms in total. The second kappa shape index (κ2) is 6.79. The molecule has 4 rings (SSSR count). The van der Waals surface area contributed by atoms with E-state index in [9.17, 15) is 9.59 Å². The highest BCUT2D eigenvalue weighted by atomic mass is 16.2. The highest BCUT2D eigenvalue weighted by Crippen LogP contribution is 2.37. The van der Waals surface area contributed by atoms with Gasteiger partial charge < -0.3 is 15.1 Å². The molecule has 0 aromatic heterocycles. The minimum atomic E-state index is 0.143. The smallest absolute Gasteiger partial charge is 0.253 e. The molecule has 1 aromatic rings. The first-order chi connectivity index (χ1) is 12.2. The van der Waals surface area contributed by atoms with Crippen molar-refractivity contribution in [1.29, 1.82) is 0 Å². The highest BCUT2D eigenvalue weighted by molar-refractivity contribution is 5.94. The number of piperidine rings is 1. The van der Waals surface area contributed by atoms with E-state index >= 15 is 0 Å². The van der Waals surface area contributed by atoms with Crippen molar-refractivity contribution in [3.8, 4) is 0 Å². The number of benzene rings is 1. The minimum Gasteiger partial charge on any atom is -0.339 e. The summed E-state index contributed by atoms with van der Waals surface area (Å²) < 4.78 is 0. The van der Waals surface area contributed by atoms with E-state index in [2.05, 4.69) is 5.32 Å². The zero-order valence-corrected chi connectivity index (χ0v) is 14.8. The third kappa shape index (κ3) is 3.43. The van der Waals surface area contributed by atoms with Gasteiger partial charge in [-0.3, -0.25) is 9.59 Å². The maximum absolute atomic E-state index is 12.8. The topological polar surface area (TPSA) is 52.7 Å². The second-order valence-electron chi connectivity index (χ2n) is 7.83. The summed E-state index contributed by atoms with van der Waals surface area (Å²) >= 11 is 0. The van der Waals surface area contributed by atoms with Gasteiger partial charge in [0.15, 0.2) is 0 Å². The van der Waals surface area contributed by atoms with E-state index in [1.807, 2.05) is 34.1 Å². The average molecular weight is 341 g/mol. The van der Waals surface area contributed by atoms with Crippen LogP contribution in [-0.4, -0.2) is 54.3 Å². The zero-order chi connectivity index (χ0) is 17.3. The monoisotopic (exact) mass is 341 g/mol. The molecule has 0 bridgehead atoms. The molecule has 1 aromatic carbocycles. The first-order valence-electron chi connectivity index (χ1n) is 9.52. The van der Waals surface area contributed by atoms with Gasteiger partial charge in [0, 0.05) is 44.7 Å². The van der Waals surface area contributed by atoms with Gasteiger partial charge in [0.25, 0.3) is 5.91 Å². The first-order valence-corrected chi connectivity index (χ1v) is 9.52. The molecule has 3 aliphatic heterocycles. The van der Waals surface area contributed by atoms with Gasteiger partial charge in [-0.25, -0.2) is 0 Å². The van der Waals surface area contributed by atoms with E-state index in [-0.39, 0.29) is 11.8 Å². The number of amides is 2. The SMILES string of the molecule is O=C1CCCN1Cc1ccc(C(=O)N2CCC3(CCNC3)CC2)cc1. The Morgan fingerprint density at radius 3 is 2.44 bits per heavy atom. The third-order valence-electron chi connectivity index (χ3n) is 6.19. The minimum absolute atomic E-state index is 0.143. The molecule has 3 saturated heterocycles. The van der Waals surface area contributed by atoms with Gasteiger partial charge >= 0.3 is 0 Å². The van der Waals surface area contributed by atoms with Crippen LogP contribution in [0.2, 0.25) is 0 Å². The Labute approximate surface area is 149 Å². The Bertz CT molecular complexity index is 639. The van der Waals surface area contributed by atoms with Crippen molar-refractivity contribution in [3.63, 3.8) is 0 Å². The Morgan fingerprint density at radius 2 is 1.84 bits per heavy atom. The van der Waals surface area contributed by atoms with Gasteiger partial charge in [0.2, 0.25) is 5.91 Å². The highest BCUT2D eigenvalue weighted by Gasteiger charge is 2.38. The lowest BCUT2D eigenvalue weighted by atomic mass is 9.78. The molecule has 3 heterocycles. The summed E-state index contributed by atoms with van der Waals surface area (Å²) in [5.41, 5.74) is 2.29. The molecule has 0 unspecified atom stereocenters. The standard InChI is InChI=1S/C20H27N3O2/c24-18-2-1-11-23(18)14-16-3-5-17(6-4-16)19(25)22-12-8-20(9-13-22)7-10-21-15-20/h3-6,21H,1-2,7-15H2. The van der Waals surface area contributed by atoms with Crippen LogP contribution in [0.15, 0.2) is 24.3 Å². The number of hydrogen-bond donors (Lipinski definition) is 1. The van der Waals surface area contributed by atoms with Gasteiger partial charge in [0.1, 0.15) is 0 Å². The summed E-state index contributed by atoms with van der Waals surface area (Å²) in [6.07, 6.45) is 5.10. The number of nitrogens with zero attached hydrogens (tertiary/aromatic N) is 2. The maximum atomic E-state index is 12.8. The largest absolute Gasteiger partial charge is 0.339 e. The Kier molecular flexibility index (Phi) is 4.50. The molecule has 2 amide bonds. The van der Waals surface area contributed by atoms with Crippen molar-refractivity contribution in [2.75, 3.05) is 32.7 Å². The Hall–Kier alpha value is -1.88. The van der Waals surface area contributed by atoms with Gasteiger partial charge in [-0.15, -0.1) is 0 Å². The summed E-state index contributed by atoms with van der Waals surface area (Å²) in [6.45, 7) is 5.47. The van der Waals surface area contributed by atoms with Gasteiger partial charge in [-0.1, -0.05) is 12.1 Å². The molecular weight excluding hydrogens is 314 g/mol. The van der Waals surface area contributed by atoms with Crippen LogP contribution in [-0.2, 0) is 11.3 Å². The number of carbonyl (C=O) groups is 2. The lowest BCUT2D eigenvalue weighted by Gasteiger charge is -2.38. The van der Waals surface area contributed by atoms with E-state index in [1.54, 1.807) is 0 Å². The molecule has 0 aliphatic carbocycles. The van der Waals surface area contributed by atoms with Crippen molar-refractivity contribution in [2.24, 2.45) is 5.41 Å². The molecule has 0 atom stereocenters. The van der Waals surface area contributed by atoms with E-state index in [4.69, 9.17) is 0 Å². The molecule has 0 radical (unpaired) electrons. The van der Waals surface area contributed by atoms with E-state index in [0.29, 0.717) is 18.4 Å². The van der Waals surface area contributed by atoms with Crippen molar-refractivity contribution in [3.05, 3.63) is 35.4 Å². The number of likely N-dealkylation sites (tertiary alicyclic amines) is 2. The van der Waals surface area contributed by atoms with Crippen LogP contribution in [0.4, 0.5) is 0 Å². The van der Waals surface area contributed by atoms with Crippen LogP contribution in [0.1, 0.15) is 48.0 Å².